The zero-order valence-corrected chi connectivity index (χ0v) is 27.2. The molecule has 4 nitrogen and oxygen atoms in total. The molecule has 0 bridgehead atoms. The van der Waals surface area contributed by atoms with Crippen LogP contribution in [0.3, 0.4) is 0 Å². The van der Waals surface area contributed by atoms with Crippen molar-refractivity contribution in [3.05, 3.63) is 60.7 Å². The number of rotatable bonds is 28. The maximum absolute atomic E-state index is 6.20. The van der Waals surface area contributed by atoms with Gasteiger partial charge >= 0.3 is 8.60 Å². The van der Waals surface area contributed by atoms with Crippen molar-refractivity contribution in [2.75, 3.05) is 13.2 Å². The Morgan fingerprint density at radius 2 is 0.951 bits per heavy atom. The molecule has 1 unspecified atom stereocenters. The Morgan fingerprint density at radius 3 is 1.44 bits per heavy atom. The summed E-state index contributed by atoms with van der Waals surface area (Å²) in [5, 5.41) is 0. The highest BCUT2D eigenvalue weighted by atomic mass is 31.2. The summed E-state index contributed by atoms with van der Waals surface area (Å²) >= 11 is 0. The fraction of sp³-hybridized carbons (Fsp3) is 0.667. The molecule has 41 heavy (non-hydrogen) atoms. The van der Waals surface area contributed by atoms with Crippen molar-refractivity contribution in [3.63, 3.8) is 0 Å². The molecule has 5 heteroatoms. The largest absolute Gasteiger partial charge is 0.463 e. The summed E-state index contributed by atoms with van der Waals surface area (Å²) in [7, 11) is -1.48. The van der Waals surface area contributed by atoms with Gasteiger partial charge in [0.05, 0.1) is 12.7 Å². The third kappa shape index (κ3) is 20.0. The summed E-state index contributed by atoms with van der Waals surface area (Å²) in [6.45, 7) is 6.16. The van der Waals surface area contributed by atoms with E-state index in [4.69, 9.17) is 18.3 Å². The Morgan fingerprint density at radius 1 is 0.512 bits per heavy atom. The zero-order valence-electron chi connectivity index (χ0n) is 26.3. The van der Waals surface area contributed by atoms with Gasteiger partial charge in [0.15, 0.2) is 0 Å². The number of unbranched alkanes of at least 4 members (excludes halogenated alkanes) is 15. The van der Waals surface area contributed by atoms with Crippen molar-refractivity contribution in [3.8, 4) is 11.5 Å². The Hall–Kier alpha value is -1.61. The van der Waals surface area contributed by atoms with Gasteiger partial charge in [0.1, 0.15) is 11.5 Å². The molecule has 0 spiro atoms. The first-order valence-electron chi connectivity index (χ1n) is 16.8. The van der Waals surface area contributed by atoms with E-state index in [1.807, 2.05) is 60.7 Å². The molecule has 0 aliphatic rings. The highest BCUT2D eigenvalue weighted by Crippen LogP contribution is 2.41. The van der Waals surface area contributed by atoms with Gasteiger partial charge in [-0.2, -0.15) is 0 Å². The minimum atomic E-state index is -1.48. The molecule has 0 saturated carbocycles. The first-order valence-corrected chi connectivity index (χ1v) is 17.9. The van der Waals surface area contributed by atoms with Crippen molar-refractivity contribution in [2.45, 2.75) is 142 Å². The van der Waals surface area contributed by atoms with E-state index in [-0.39, 0.29) is 0 Å². The Bertz CT molecular complexity index is 762. The SMILES string of the molecule is CCCCCCCCCCCCOC(CC)CCCCCCCCCOP(Oc1ccccc1)Oc1ccccc1. The Labute approximate surface area is 253 Å². The van der Waals surface area contributed by atoms with Gasteiger partial charge in [0.25, 0.3) is 0 Å². The smallest absolute Gasteiger partial charge is 0.418 e. The van der Waals surface area contributed by atoms with Crippen molar-refractivity contribution in [1.82, 2.24) is 0 Å². The molecule has 0 fully saturated rings. The van der Waals surface area contributed by atoms with Crippen LogP contribution < -0.4 is 9.05 Å². The monoisotopic (exact) mass is 586 g/mol. The van der Waals surface area contributed by atoms with Gasteiger partial charge in [-0.3, -0.25) is 4.52 Å². The summed E-state index contributed by atoms with van der Waals surface area (Å²) in [5.74, 6) is 1.54. The average Bonchev–Trinajstić information content (AvgIpc) is 3.00. The first kappa shape index (κ1) is 35.6. The predicted molar refractivity (Wildman–Crippen MR) is 176 cm³/mol. The molecule has 0 N–H and O–H groups in total. The second-order valence-electron chi connectivity index (χ2n) is 11.2. The lowest BCUT2D eigenvalue weighted by Gasteiger charge is -2.17. The molecule has 0 amide bonds. The summed E-state index contributed by atoms with van der Waals surface area (Å²) in [6.07, 6.45) is 25.3. The number of ether oxygens (including phenoxy) is 1. The molecule has 0 heterocycles. The average molecular weight is 587 g/mol. The number of hydrogen-bond donors (Lipinski definition) is 0. The standard InChI is InChI=1S/C36H59O4P/c1-3-5-6-7-8-9-10-13-16-25-32-37-34(4-2)27-20-15-12-11-14-17-26-33-38-41(39-35-28-21-18-22-29-35)40-36-30-23-19-24-31-36/h18-19,21-24,28-31,34H,3-17,20,25-27,32-33H2,1-2H3. The maximum atomic E-state index is 6.20. The lowest BCUT2D eigenvalue weighted by molar-refractivity contribution is 0.0406. The molecule has 2 aromatic carbocycles. The minimum absolute atomic E-state index is 0.455. The summed E-state index contributed by atoms with van der Waals surface area (Å²) in [6, 6.07) is 19.5. The van der Waals surface area contributed by atoms with Crippen molar-refractivity contribution >= 4 is 8.60 Å². The summed E-state index contributed by atoms with van der Waals surface area (Å²) < 4.78 is 24.2. The van der Waals surface area contributed by atoms with Crippen LogP contribution >= 0.6 is 8.60 Å². The van der Waals surface area contributed by atoms with E-state index in [1.165, 1.54) is 109 Å². The maximum Gasteiger partial charge on any atom is 0.463 e. The molecular formula is C36H59O4P. The van der Waals surface area contributed by atoms with E-state index < -0.39 is 8.60 Å². The molecule has 2 rings (SSSR count). The van der Waals surface area contributed by atoms with Crippen LogP contribution in [0.25, 0.3) is 0 Å². The predicted octanol–water partition coefficient (Wildman–Crippen LogP) is 12.2. The van der Waals surface area contributed by atoms with Gasteiger partial charge in [0, 0.05) is 6.61 Å². The van der Waals surface area contributed by atoms with Crippen molar-refractivity contribution in [1.29, 1.82) is 0 Å². The van der Waals surface area contributed by atoms with E-state index >= 15 is 0 Å². The molecule has 0 saturated heterocycles. The topological polar surface area (TPSA) is 36.9 Å². The van der Waals surface area contributed by atoms with Gasteiger partial charge in [-0.1, -0.05) is 147 Å². The molecule has 0 aliphatic heterocycles. The van der Waals surface area contributed by atoms with Crippen LogP contribution in [0.4, 0.5) is 0 Å². The second-order valence-corrected chi connectivity index (χ2v) is 12.3. The van der Waals surface area contributed by atoms with Gasteiger partial charge in [-0.25, -0.2) is 0 Å². The first-order chi connectivity index (χ1) is 20.3. The highest BCUT2D eigenvalue weighted by molar-refractivity contribution is 7.42. The van der Waals surface area contributed by atoms with E-state index in [0.29, 0.717) is 12.7 Å². The lowest BCUT2D eigenvalue weighted by atomic mass is 10.0. The fourth-order valence-electron chi connectivity index (χ4n) is 4.95. The quantitative estimate of drug-likeness (QED) is 0.0734. The number of para-hydroxylation sites is 2. The van der Waals surface area contributed by atoms with Crippen molar-refractivity contribution in [2.24, 2.45) is 0 Å². The van der Waals surface area contributed by atoms with Crippen LogP contribution in [0.15, 0.2) is 60.7 Å². The minimum Gasteiger partial charge on any atom is -0.418 e. The molecule has 0 aromatic heterocycles. The van der Waals surface area contributed by atoms with Crippen LogP contribution in [0.2, 0.25) is 0 Å². The molecule has 2 aromatic rings. The van der Waals surface area contributed by atoms with Crippen molar-refractivity contribution < 1.29 is 18.3 Å². The molecule has 232 valence electrons. The van der Waals surface area contributed by atoms with Crippen LogP contribution in [-0.2, 0) is 9.26 Å². The van der Waals surface area contributed by atoms with E-state index in [9.17, 15) is 0 Å². The Balaban J connectivity index is 1.42. The van der Waals surface area contributed by atoms with Gasteiger partial charge < -0.3 is 13.8 Å². The highest BCUT2D eigenvalue weighted by Gasteiger charge is 2.17. The molecular weight excluding hydrogens is 527 g/mol. The van der Waals surface area contributed by atoms with Crippen LogP contribution in [-0.4, -0.2) is 19.3 Å². The normalized spacial score (nSPS) is 12.1. The zero-order chi connectivity index (χ0) is 29.1. The fourth-order valence-corrected chi connectivity index (χ4v) is 5.96. The van der Waals surface area contributed by atoms with E-state index in [1.54, 1.807) is 0 Å². The molecule has 0 aliphatic carbocycles. The second kappa shape index (κ2) is 26.1. The summed E-state index contributed by atoms with van der Waals surface area (Å²) in [5.41, 5.74) is 0. The molecule has 1 atom stereocenters. The van der Waals surface area contributed by atoms with Gasteiger partial charge in [0.2, 0.25) is 0 Å². The van der Waals surface area contributed by atoms with Crippen LogP contribution in [0, 0.1) is 0 Å². The van der Waals surface area contributed by atoms with Gasteiger partial charge in [-0.15, -0.1) is 0 Å². The van der Waals surface area contributed by atoms with Crippen LogP contribution in [0.5, 0.6) is 11.5 Å². The third-order valence-electron chi connectivity index (χ3n) is 7.52. The number of benzene rings is 2. The summed E-state index contributed by atoms with van der Waals surface area (Å²) in [4.78, 5) is 0. The van der Waals surface area contributed by atoms with Gasteiger partial charge in [-0.05, 0) is 49.9 Å². The van der Waals surface area contributed by atoms with E-state index in [0.717, 1.165) is 30.9 Å². The number of hydrogen-bond acceptors (Lipinski definition) is 4. The lowest BCUT2D eigenvalue weighted by Crippen LogP contribution is -2.12. The van der Waals surface area contributed by atoms with Crippen LogP contribution in [0.1, 0.15) is 136 Å². The molecule has 0 radical (unpaired) electrons. The van der Waals surface area contributed by atoms with E-state index in [2.05, 4.69) is 13.8 Å². The third-order valence-corrected chi connectivity index (χ3v) is 8.63. The Kier molecular flexibility index (Phi) is 22.6.